The molecule has 14 heavy (non-hydrogen) atoms. The highest BCUT2D eigenvalue weighted by molar-refractivity contribution is 7.12. The topological polar surface area (TPSA) is 49.9 Å². The summed E-state index contributed by atoms with van der Waals surface area (Å²) in [5.74, 6) is 0. The Labute approximate surface area is 84.0 Å². The second kappa shape index (κ2) is 3.59. The molecule has 0 spiro atoms. The predicted octanol–water partition coefficient (Wildman–Crippen LogP) is 1.92. The maximum atomic E-state index is 10.8. The highest BCUT2D eigenvalue weighted by Crippen LogP contribution is 2.23. The Morgan fingerprint density at radius 2 is 2.14 bits per heavy atom. The van der Waals surface area contributed by atoms with E-state index in [0.717, 1.165) is 17.4 Å². The zero-order valence-electron chi connectivity index (χ0n) is 7.19. The van der Waals surface area contributed by atoms with E-state index in [9.17, 15) is 9.59 Å². The Morgan fingerprint density at radius 3 is 2.71 bits per heavy atom. The van der Waals surface area contributed by atoms with Crippen molar-refractivity contribution >= 4 is 17.6 Å². The van der Waals surface area contributed by atoms with Crippen molar-refractivity contribution in [1.82, 2.24) is 4.98 Å². The summed E-state index contributed by atoms with van der Waals surface area (Å²) < 4.78 is 0. The molecule has 0 saturated carbocycles. The lowest BCUT2D eigenvalue weighted by Crippen LogP contribution is -2.00. The fourth-order valence-electron chi connectivity index (χ4n) is 1.16. The number of hydrogen-bond acceptors (Lipinski definition) is 3. The number of carbonyl (C=O) groups is 1. The molecule has 0 aromatic carbocycles. The summed E-state index contributed by atoms with van der Waals surface area (Å²) >= 11 is 1.39. The van der Waals surface area contributed by atoms with Gasteiger partial charge in [0.05, 0.1) is 4.88 Å². The molecule has 2 aromatic rings. The Hall–Kier alpha value is -1.68. The standard InChI is InChI=1S/C10H7NO2S/c12-5-9-3-8(6-14-9)7-1-2-10(13)11-4-7/h1-6H,(H,11,13). The zero-order valence-corrected chi connectivity index (χ0v) is 8.01. The molecule has 70 valence electrons. The van der Waals surface area contributed by atoms with Gasteiger partial charge in [0.2, 0.25) is 5.56 Å². The van der Waals surface area contributed by atoms with Crippen LogP contribution in [0.25, 0.3) is 11.1 Å². The van der Waals surface area contributed by atoms with Crippen LogP contribution in [0.2, 0.25) is 0 Å². The third kappa shape index (κ3) is 1.65. The first-order chi connectivity index (χ1) is 6.79. The third-order valence-electron chi connectivity index (χ3n) is 1.85. The van der Waals surface area contributed by atoms with Crippen molar-refractivity contribution in [3.8, 4) is 11.1 Å². The van der Waals surface area contributed by atoms with Gasteiger partial charge in [0.1, 0.15) is 0 Å². The van der Waals surface area contributed by atoms with Gasteiger partial charge in [0.15, 0.2) is 6.29 Å². The van der Waals surface area contributed by atoms with E-state index in [0.29, 0.717) is 4.88 Å². The van der Waals surface area contributed by atoms with Crippen molar-refractivity contribution < 1.29 is 4.79 Å². The molecule has 4 heteroatoms. The second-order valence-corrected chi connectivity index (χ2v) is 3.74. The van der Waals surface area contributed by atoms with Crippen LogP contribution in [0, 0.1) is 0 Å². The minimum atomic E-state index is -0.125. The lowest BCUT2D eigenvalue weighted by Gasteiger charge is -1.94. The smallest absolute Gasteiger partial charge is 0.247 e. The summed E-state index contributed by atoms with van der Waals surface area (Å²) in [7, 11) is 0. The molecule has 0 radical (unpaired) electrons. The van der Waals surface area contributed by atoms with Gasteiger partial charge in [0.25, 0.3) is 0 Å². The van der Waals surface area contributed by atoms with Gasteiger partial charge in [-0.15, -0.1) is 11.3 Å². The van der Waals surface area contributed by atoms with E-state index in [1.807, 2.05) is 5.38 Å². The van der Waals surface area contributed by atoms with Crippen molar-refractivity contribution in [3.05, 3.63) is 45.0 Å². The first-order valence-electron chi connectivity index (χ1n) is 4.02. The quantitative estimate of drug-likeness (QED) is 0.761. The maximum absolute atomic E-state index is 10.8. The number of pyridine rings is 1. The lowest BCUT2D eigenvalue weighted by molar-refractivity contribution is 0.112. The van der Waals surface area contributed by atoms with Crippen molar-refractivity contribution in [3.63, 3.8) is 0 Å². The van der Waals surface area contributed by atoms with E-state index in [4.69, 9.17) is 0 Å². The summed E-state index contributed by atoms with van der Waals surface area (Å²) in [6, 6.07) is 4.99. The maximum Gasteiger partial charge on any atom is 0.247 e. The number of thiophene rings is 1. The highest BCUT2D eigenvalue weighted by atomic mass is 32.1. The molecule has 3 nitrogen and oxygen atoms in total. The van der Waals surface area contributed by atoms with Crippen molar-refractivity contribution in [1.29, 1.82) is 0 Å². The number of aldehydes is 1. The van der Waals surface area contributed by atoms with Crippen LogP contribution in [0.15, 0.2) is 34.6 Å². The molecule has 0 bridgehead atoms. The number of aromatic nitrogens is 1. The molecule has 2 heterocycles. The number of carbonyl (C=O) groups excluding carboxylic acids is 1. The van der Waals surface area contributed by atoms with E-state index >= 15 is 0 Å². The van der Waals surface area contributed by atoms with Crippen LogP contribution in [-0.2, 0) is 0 Å². The van der Waals surface area contributed by atoms with E-state index < -0.39 is 0 Å². The van der Waals surface area contributed by atoms with Crippen LogP contribution in [0.5, 0.6) is 0 Å². The first-order valence-corrected chi connectivity index (χ1v) is 4.90. The lowest BCUT2D eigenvalue weighted by atomic mass is 10.1. The highest BCUT2D eigenvalue weighted by Gasteiger charge is 2.01. The average molecular weight is 205 g/mol. The van der Waals surface area contributed by atoms with Crippen molar-refractivity contribution in [2.24, 2.45) is 0 Å². The zero-order chi connectivity index (χ0) is 9.97. The van der Waals surface area contributed by atoms with Gasteiger partial charge in [-0.1, -0.05) is 0 Å². The van der Waals surface area contributed by atoms with Gasteiger partial charge in [-0.05, 0) is 28.6 Å². The van der Waals surface area contributed by atoms with Crippen LogP contribution in [0.1, 0.15) is 9.67 Å². The molecular formula is C10H7NO2S. The molecule has 0 aliphatic carbocycles. The molecule has 0 amide bonds. The van der Waals surface area contributed by atoms with Crippen LogP contribution >= 0.6 is 11.3 Å². The van der Waals surface area contributed by atoms with Crippen LogP contribution in [0.3, 0.4) is 0 Å². The Kier molecular flexibility index (Phi) is 2.28. The van der Waals surface area contributed by atoms with Gasteiger partial charge in [-0.2, -0.15) is 0 Å². The summed E-state index contributed by atoms with van der Waals surface area (Å²) in [4.78, 5) is 24.5. The molecule has 0 saturated heterocycles. The van der Waals surface area contributed by atoms with E-state index in [1.165, 1.54) is 17.4 Å². The second-order valence-electron chi connectivity index (χ2n) is 2.80. The largest absolute Gasteiger partial charge is 0.328 e. The number of H-pyrrole nitrogens is 1. The molecule has 2 rings (SSSR count). The third-order valence-corrected chi connectivity index (χ3v) is 2.71. The fourth-order valence-corrected chi connectivity index (χ4v) is 1.87. The van der Waals surface area contributed by atoms with Gasteiger partial charge in [-0.3, -0.25) is 9.59 Å². The van der Waals surface area contributed by atoms with Crippen LogP contribution in [-0.4, -0.2) is 11.3 Å². The Bertz CT molecular complexity index is 492. The summed E-state index contributed by atoms with van der Waals surface area (Å²) in [6.45, 7) is 0. The minimum absolute atomic E-state index is 0.125. The van der Waals surface area contributed by atoms with E-state index in [1.54, 1.807) is 18.3 Å². The molecule has 0 aliphatic rings. The van der Waals surface area contributed by atoms with E-state index in [-0.39, 0.29) is 5.56 Å². The summed E-state index contributed by atoms with van der Waals surface area (Å²) in [5.41, 5.74) is 1.74. The fraction of sp³-hybridized carbons (Fsp3) is 0. The van der Waals surface area contributed by atoms with Crippen molar-refractivity contribution in [2.75, 3.05) is 0 Å². The van der Waals surface area contributed by atoms with Gasteiger partial charge in [0, 0.05) is 12.3 Å². The Morgan fingerprint density at radius 1 is 1.29 bits per heavy atom. The van der Waals surface area contributed by atoms with Gasteiger partial charge < -0.3 is 4.98 Å². The average Bonchev–Trinajstić information content (AvgIpc) is 2.67. The number of hydrogen-bond donors (Lipinski definition) is 1. The molecule has 0 fully saturated rings. The van der Waals surface area contributed by atoms with Gasteiger partial charge >= 0.3 is 0 Å². The molecule has 0 unspecified atom stereocenters. The van der Waals surface area contributed by atoms with Gasteiger partial charge in [-0.25, -0.2) is 0 Å². The van der Waals surface area contributed by atoms with Crippen LogP contribution in [0.4, 0.5) is 0 Å². The molecule has 0 aliphatic heterocycles. The minimum Gasteiger partial charge on any atom is -0.328 e. The normalized spacial score (nSPS) is 10.0. The SMILES string of the molecule is O=Cc1cc(-c2ccc(=O)[nH]c2)cs1. The number of aromatic amines is 1. The predicted molar refractivity (Wildman–Crippen MR) is 55.8 cm³/mol. The van der Waals surface area contributed by atoms with Crippen molar-refractivity contribution in [2.45, 2.75) is 0 Å². The molecule has 2 aromatic heterocycles. The van der Waals surface area contributed by atoms with Crippen LogP contribution < -0.4 is 5.56 Å². The Balaban J connectivity index is 2.44. The molecular weight excluding hydrogens is 198 g/mol. The molecule has 0 atom stereocenters. The summed E-state index contributed by atoms with van der Waals surface area (Å²) in [5, 5.41) is 1.89. The first kappa shape index (κ1) is 8.90. The number of rotatable bonds is 2. The monoisotopic (exact) mass is 205 g/mol. The summed E-state index contributed by atoms with van der Waals surface area (Å²) in [6.07, 6.45) is 2.46. The van der Waals surface area contributed by atoms with E-state index in [2.05, 4.69) is 4.98 Å². The number of nitrogens with one attached hydrogen (secondary N) is 1. The molecule has 1 N–H and O–H groups in total.